The normalized spacial score (nSPS) is 10.9. The Morgan fingerprint density at radius 1 is 1.22 bits per heavy atom. The lowest BCUT2D eigenvalue weighted by Crippen LogP contribution is -2.41. The van der Waals surface area contributed by atoms with Crippen LogP contribution in [0.25, 0.3) is 0 Å². The quantitative estimate of drug-likeness (QED) is 0.653. The largest absolute Gasteiger partial charge is 0.469 e. The third-order valence-corrected chi connectivity index (χ3v) is 4.54. The zero-order valence-corrected chi connectivity index (χ0v) is 16.2. The Kier molecular flexibility index (Phi) is 7.04. The molecule has 2 rings (SSSR count). The summed E-state index contributed by atoms with van der Waals surface area (Å²) in [5.74, 6) is 0.119. The smallest absolute Gasteiger partial charge is 0.330 e. The van der Waals surface area contributed by atoms with E-state index in [4.69, 9.17) is 10.2 Å². The third kappa shape index (κ3) is 4.50. The van der Waals surface area contributed by atoms with Gasteiger partial charge in [-0.05, 0) is 25.8 Å². The summed E-state index contributed by atoms with van der Waals surface area (Å²) in [4.78, 5) is 41.5. The molecule has 2 aromatic heterocycles. The lowest BCUT2D eigenvalue weighted by Gasteiger charge is -2.24. The number of nitrogens with one attached hydrogen (secondary N) is 1. The van der Waals surface area contributed by atoms with Crippen LogP contribution in [0.2, 0.25) is 0 Å². The number of carbonyl (C=O) groups is 1. The van der Waals surface area contributed by atoms with Crippen molar-refractivity contribution in [1.29, 1.82) is 0 Å². The van der Waals surface area contributed by atoms with E-state index in [9.17, 15) is 14.4 Å². The fourth-order valence-corrected chi connectivity index (χ4v) is 2.96. The molecule has 0 aliphatic rings. The highest BCUT2D eigenvalue weighted by Crippen LogP contribution is 2.22. The molecule has 2 aromatic rings. The van der Waals surface area contributed by atoms with Crippen molar-refractivity contribution in [3.63, 3.8) is 0 Å². The van der Waals surface area contributed by atoms with Gasteiger partial charge in [-0.15, -0.1) is 0 Å². The first-order chi connectivity index (χ1) is 12.9. The molecule has 0 aliphatic carbocycles. The van der Waals surface area contributed by atoms with Crippen molar-refractivity contribution in [2.24, 2.45) is 0 Å². The molecule has 0 fully saturated rings. The molecule has 0 aromatic carbocycles. The Labute approximate surface area is 158 Å². The van der Waals surface area contributed by atoms with Crippen molar-refractivity contribution in [1.82, 2.24) is 9.55 Å². The molecule has 0 atom stereocenters. The molecule has 2 heterocycles. The third-order valence-electron chi connectivity index (χ3n) is 4.54. The minimum absolute atomic E-state index is 0.0168. The summed E-state index contributed by atoms with van der Waals surface area (Å²) < 4.78 is 6.56. The van der Waals surface area contributed by atoms with E-state index in [-0.39, 0.29) is 17.4 Å². The molecular formula is C19H28N4O4. The molecule has 0 unspecified atom stereocenters. The van der Waals surface area contributed by atoms with E-state index in [1.54, 1.807) is 13.0 Å². The molecule has 0 saturated carbocycles. The van der Waals surface area contributed by atoms with Crippen molar-refractivity contribution >= 4 is 17.4 Å². The number of hydrogen-bond acceptors (Lipinski definition) is 5. The van der Waals surface area contributed by atoms with Crippen LogP contribution in [0.5, 0.6) is 0 Å². The Balaban J connectivity index is 2.54. The predicted octanol–water partition coefficient (Wildman–Crippen LogP) is 2.66. The van der Waals surface area contributed by atoms with Gasteiger partial charge in [0.25, 0.3) is 11.5 Å². The van der Waals surface area contributed by atoms with Crippen LogP contribution in [0, 0.1) is 6.92 Å². The fraction of sp³-hybridized carbons (Fsp3) is 0.526. The minimum Gasteiger partial charge on any atom is -0.469 e. The number of unbranched alkanes of at least 4 members (excludes halogenated alkanes) is 3. The average Bonchev–Trinajstić information content (AvgIpc) is 3.05. The predicted molar refractivity (Wildman–Crippen MR) is 105 cm³/mol. The number of aryl methyl sites for hydroxylation is 1. The molecule has 0 saturated heterocycles. The van der Waals surface area contributed by atoms with E-state index < -0.39 is 11.2 Å². The zero-order valence-electron chi connectivity index (χ0n) is 16.2. The van der Waals surface area contributed by atoms with Crippen LogP contribution in [0.3, 0.4) is 0 Å². The number of aromatic nitrogens is 2. The maximum atomic E-state index is 13.1. The van der Waals surface area contributed by atoms with Crippen molar-refractivity contribution in [3.8, 4) is 0 Å². The maximum absolute atomic E-state index is 13.1. The molecule has 0 bridgehead atoms. The Bertz CT molecular complexity index is 894. The van der Waals surface area contributed by atoms with Crippen LogP contribution >= 0.6 is 0 Å². The van der Waals surface area contributed by atoms with Gasteiger partial charge in [0.15, 0.2) is 5.69 Å². The van der Waals surface area contributed by atoms with E-state index in [2.05, 4.69) is 11.9 Å². The molecule has 0 aliphatic heterocycles. The summed E-state index contributed by atoms with van der Waals surface area (Å²) in [5, 5.41) is 0. The highest BCUT2D eigenvalue weighted by molar-refractivity contribution is 6.07. The van der Waals surface area contributed by atoms with Crippen LogP contribution in [-0.2, 0) is 6.54 Å². The van der Waals surface area contributed by atoms with E-state index in [1.807, 2.05) is 6.92 Å². The molecule has 27 heavy (non-hydrogen) atoms. The number of hydrogen-bond donors (Lipinski definition) is 2. The standard InChI is InChI=1S/C19H28N4O4/c1-4-6-8-11-22(18(25)14-9-12-27-13(14)3)15-16(20)23(10-7-5-2)19(26)21-17(15)24/h9,12H,4-8,10-11,20H2,1-3H3,(H,21,24,26). The average molecular weight is 376 g/mol. The van der Waals surface area contributed by atoms with E-state index in [1.165, 1.54) is 15.7 Å². The van der Waals surface area contributed by atoms with E-state index >= 15 is 0 Å². The highest BCUT2D eigenvalue weighted by atomic mass is 16.3. The van der Waals surface area contributed by atoms with Crippen molar-refractivity contribution in [2.45, 2.75) is 59.4 Å². The molecule has 0 radical (unpaired) electrons. The van der Waals surface area contributed by atoms with Gasteiger partial charge in [-0.1, -0.05) is 33.1 Å². The second-order valence-electron chi connectivity index (χ2n) is 6.55. The van der Waals surface area contributed by atoms with Gasteiger partial charge in [-0.2, -0.15) is 0 Å². The number of aromatic amines is 1. The lowest BCUT2D eigenvalue weighted by molar-refractivity contribution is 0.0984. The summed E-state index contributed by atoms with van der Waals surface area (Å²) in [6.45, 7) is 6.45. The summed E-state index contributed by atoms with van der Waals surface area (Å²) in [7, 11) is 0. The number of H-pyrrole nitrogens is 1. The van der Waals surface area contributed by atoms with Crippen molar-refractivity contribution in [2.75, 3.05) is 17.2 Å². The second-order valence-corrected chi connectivity index (χ2v) is 6.55. The molecular weight excluding hydrogens is 348 g/mol. The number of nitrogens with two attached hydrogens (primary N) is 1. The van der Waals surface area contributed by atoms with E-state index in [0.29, 0.717) is 30.8 Å². The number of nitrogens with zero attached hydrogens (tertiary/aromatic N) is 2. The SMILES string of the molecule is CCCCCN(C(=O)c1ccoc1C)c1c(N)n(CCCC)c(=O)[nH]c1=O. The summed E-state index contributed by atoms with van der Waals surface area (Å²) in [6.07, 6.45) is 5.62. The van der Waals surface area contributed by atoms with Gasteiger partial charge in [-0.25, -0.2) is 4.79 Å². The van der Waals surface area contributed by atoms with Gasteiger partial charge < -0.3 is 15.1 Å². The van der Waals surface area contributed by atoms with Crippen LogP contribution in [0.1, 0.15) is 62.1 Å². The van der Waals surface area contributed by atoms with Gasteiger partial charge >= 0.3 is 5.69 Å². The number of anilines is 2. The maximum Gasteiger partial charge on any atom is 0.330 e. The Morgan fingerprint density at radius 3 is 2.52 bits per heavy atom. The van der Waals surface area contributed by atoms with Gasteiger partial charge in [-0.3, -0.25) is 19.1 Å². The van der Waals surface area contributed by atoms with Crippen LogP contribution in [0.15, 0.2) is 26.3 Å². The first-order valence-corrected chi connectivity index (χ1v) is 9.40. The number of amides is 1. The molecule has 3 N–H and O–H groups in total. The molecule has 8 heteroatoms. The fourth-order valence-electron chi connectivity index (χ4n) is 2.96. The topological polar surface area (TPSA) is 114 Å². The number of rotatable bonds is 9. The van der Waals surface area contributed by atoms with Crippen molar-refractivity contribution < 1.29 is 9.21 Å². The molecule has 1 amide bonds. The summed E-state index contributed by atoms with van der Waals surface area (Å²) >= 11 is 0. The summed E-state index contributed by atoms with van der Waals surface area (Å²) in [6, 6.07) is 1.57. The monoisotopic (exact) mass is 376 g/mol. The highest BCUT2D eigenvalue weighted by Gasteiger charge is 2.26. The number of carbonyl (C=O) groups excluding carboxylic acids is 1. The van der Waals surface area contributed by atoms with Crippen molar-refractivity contribution in [3.05, 3.63) is 44.5 Å². The van der Waals surface area contributed by atoms with E-state index in [0.717, 1.165) is 25.7 Å². The first kappa shape index (κ1) is 20.5. The number of furan rings is 1. The molecule has 148 valence electrons. The minimum atomic E-state index is -0.656. The van der Waals surface area contributed by atoms with Gasteiger partial charge in [0.2, 0.25) is 0 Å². The van der Waals surface area contributed by atoms with Gasteiger partial charge in [0.1, 0.15) is 11.6 Å². The Morgan fingerprint density at radius 2 is 1.93 bits per heavy atom. The molecule has 8 nitrogen and oxygen atoms in total. The zero-order chi connectivity index (χ0) is 20.0. The van der Waals surface area contributed by atoms with Crippen LogP contribution in [-0.4, -0.2) is 22.0 Å². The summed E-state index contributed by atoms with van der Waals surface area (Å²) in [5.41, 5.74) is 5.36. The first-order valence-electron chi connectivity index (χ1n) is 9.40. The Hall–Kier alpha value is -2.77. The van der Waals surface area contributed by atoms with Crippen LogP contribution in [0.4, 0.5) is 11.5 Å². The second kappa shape index (κ2) is 9.25. The van der Waals surface area contributed by atoms with Gasteiger partial charge in [0.05, 0.1) is 11.8 Å². The van der Waals surface area contributed by atoms with Gasteiger partial charge in [0, 0.05) is 13.1 Å². The van der Waals surface area contributed by atoms with Crippen LogP contribution < -0.4 is 21.9 Å². The number of nitrogen functional groups attached to an aromatic ring is 1. The lowest BCUT2D eigenvalue weighted by atomic mass is 10.2. The molecule has 0 spiro atoms.